The third-order valence-electron chi connectivity index (χ3n) is 2.10. The summed E-state index contributed by atoms with van der Waals surface area (Å²) in [6.07, 6.45) is 0.373. The summed E-state index contributed by atoms with van der Waals surface area (Å²) >= 11 is 3.39. The molecule has 16 heavy (non-hydrogen) atoms. The van der Waals surface area contributed by atoms with Crippen molar-refractivity contribution in [2.24, 2.45) is 5.73 Å². The van der Waals surface area contributed by atoms with Crippen LogP contribution >= 0.6 is 28.3 Å². The highest BCUT2D eigenvalue weighted by Crippen LogP contribution is 2.17. The van der Waals surface area contributed by atoms with Gasteiger partial charge in [-0.15, -0.1) is 12.4 Å². The Balaban J connectivity index is 0.00000225. The first-order chi connectivity index (χ1) is 7.13. The second-order valence-corrected chi connectivity index (χ2v) is 4.30. The van der Waals surface area contributed by atoms with Crippen molar-refractivity contribution in [3.8, 4) is 0 Å². The molecule has 3 nitrogen and oxygen atoms in total. The van der Waals surface area contributed by atoms with Crippen molar-refractivity contribution in [1.82, 2.24) is 5.32 Å². The molecule has 1 atom stereocenters. The van der Waals surface area contributed by atoms with E-state index in [1.165, 1.54) is 0 Å². The summed E-state index contributed by atoms with van der Waals surface area (Å²) in [5.74, 6) is -0.00928. The lowest BCUT2D eigenvalue weighted by Gasteiger charge is -2.14. The first-order valence-electron chi connectivity index (χ1n) is 4.88. The molecule has 3 N–H and O–H groups in total. The smallest absolute Gasteiger partial charge is 0.221 e. The Morgan fingerprint density at radius 1 is 1.56 bits per heavy atom. The molecular weight excluding hydrogens is 291 g/mol. The zero-order valence-electron chi connectivity index (χ0n) is 9.07. The number of benzene rings is 1. The fourth-order valence-electron chi connectivity index (χ4n) is 1.30. The standard InChI is InChI=1S/C11H15BrN2O.ClH/c1-8(14-11(15)5-6-13)9-3-2-4-10(12)7-9;/h2-4,7-8H,5-6,13H2,1H3,(H,14,15);1H. The maximum atomic E-state index is 11.3. The number of hydrogen-bond donors (Lipinski definition) is 2. The third kappa shape index (κ3) is 4.96. The van der Waals surface area contributed by atoms with E-state index in [0.717, 1.165) is 10.0 Å². The molecule has 0 radical (unpaired) electrons. The van der Waals surface area contributed by atoms with Gasteiger partial charge in [0, 0.05) is 17.4 Å². The number of hydrogen-bond acceptors (Lipinski definition) is 2. The minimum absolute atomic E-state index is 0. The lowest BCUT2D eigenvalue weighted by molar-refractivity contribution is -0.121. The van der Waals surface area contributed by atoms with Crippen LogP contribution in [0.5, 0.6) is 0 Å². The van der Waals surface area contributed by atoms with Crippen molar-refractivity contribution in [3.05, 3.63) is 34.3 Å². The van der Waals surface area contributed by atoms with Gasteiger partial charge in [0.1, 0.15) is 0 Å². The maximum Gasteiger partial charge on any atom is 0.221 e. The van der Waals surface area contributed by atoms with E-state index in [2.05, 4.69) is 21.2 Å². The molecule has 0 aliphatic rings. The van der Waals surface area contributed by atoms with E-state index in [1.54, 1.807) is 0 Å². The highest BCUT2D eigenvalue weighted by atomic mass is 79.9. The van der Waals surface area contributed by atoms with E-state index in [9.17, 15) is 4.79 Å². The van der Waals surface area contributed by atoms with Crippen LogP contribution in [0.1, 0.15) is 24.9 Å². The molecule has 90 valence electrons. The molecule has 0 bridgehead atoms. The number of carbonyl (C=O) groups is 1. The van der Waals surface area contributed by atoms with E-state index in [-0.39, 0.29) is 24.4 Å². The van der Waals surface area contributed by atoms with Gasteiger partial charge in [-0.05, 0) is 24.6 Å². The monoisotopic (exact) mass is 306 g/mol. The molecule has 5 heteroatoms. The molecule has 0 aromatic heterocycles. The van der Waals surface area contributed by atoms with Crippen LogP contribution in [0.2, 0.25) is 0 Å². The quantitative estimate of drug-likeness (QED) is 0.897. The van der Waals surface area contributed by atoms with Crippen LogP contribution in [0.4, 0.5) is 0 Å². The lowest BCUT2D eigenvalue weighted by atomic mass is 10.1. The van der Waals surface area contributed by atoms with Crippen molar-refractivity contribution in [2.75, 3.05) is 6.54 Å². The third-order valence-corrected chi connectivity index (χ3v) is 2.59. The van der Waals surface area contributed by atoms with Gasteiger partial charge < -0.3 is 11.1 Å². The Bertz CT molecular complexity index is 347. The van der Waals surface area contributed by atoms with E-state index in [1.807, 2.05) is 31.2 Å². The van der Waals surface area contributed by atoms with Gasteiger partial charge in [0.15, 0.2) is 0 Å². The SMILES string of the molecule is CC(NC(=O)CCN)c1cccc(Br)c1.Cl. The second kappa shape index (κ2) is 7.65. The van der Waals surface area contributed by atoms with Crippen LogP contribution in [-0.2, 0) is 4.79 Å². The Kier molecular flexibility index (Phi) is 7.38. The van der Waals surface area contributed by atoms with Crippen LogP contribution in [0, 0.1) is 0 Å². The van der Waals surface area contributed by atoms with Gasteiger partial charge in [0.2, 0.25) is 5.91 Å². The Hall–Kier alpha value is -0.580. The minimum Gasteiger partial charge on any atom is -0.350 e. The molecule has 0 saturated carbocycles. The molecule has 0 aliphatic heterocycles. The zero-order chi connectivity index (χ0) is 11.3. The summed E-state index contributed by atoms with van der Waals surface area (Å²) in [7, 11) is 0. The van der Waals surface area contributed by atoms with E-state index in [4.69, 9.17) is 5.73 Å². The Morgan fingerprint density at radius 2 is 2.25 bits per heavy atom. The highest BCUT2D eigenvalue weighted by molar-refractivity contribution is 9.10. The van der Waals surface area contributed by atoms with Gasteiger partial charge in [-0.1, -0.05) is 28.1 Å². The number of amides is 1. The summed E-state index contributed by atoms with van der Waals surface area (Å²) < 4.78 is 1.01. The summed E-state index contributed by atoms with van der Waals surface area (Å²) in [5, 5.41) is 2.88. The van der Waals surface area contributed by atoms with Gasteiger partial charge in [-0.25, -0.2) is 0 Å². The van der Waals surface area contributed by atoms with Crippen molar-refractivity contribution in [2.45, 2.75) is 19.4 Å². The molecule has 0 saturated heterocycles. The van der Waals surface area contributed by atoms with Gasteiger partial charge in [0.25, 0.3) is 0 Å². The molecule has 0 spiro atoms. The molecule has 1 unspecified atom stereocenters. The molecule has 1 aromatic carbocycles. The van der Waals surface area contributed by atoms with E-state index < -0.39 is 0 Å². The first-order valence-corrected chi connectivity index (χ1v) is 5.67. The normalized spacial score (nSPS) is 11.4. The van der Waals surface area contributed by atoms with Crippen LogP contribution in [0.15, 0.2) is 28.7 Å². The van der Waals surface area contributed by atoms with Crippen molar-refractivity contribution >= 4 is 34.2 Å². The second-order valence-electron chi connectivity index (χ2n) is 3.38. The van der Waals surface area contributed by atoms with Crippen LogP contribution < -0.4 is 11.1 Å². The number of nitrogens with one attached hydrogen (secondary N) is 1. The average Bonchev–Trinajstić information content (AvgIpc) is 2.18. The number of halogens is 2. The summed E-state index contributed by atoms with van der Waals surface area (Å²) in [6.45, 7) is 2.34. The maximum absolute atomic E-state index is 11.3. The summed E-state index contributed by atoms with van der Waals surface area (Å²) in [5.41, 5.74) is 6.38. The molecule has 0 fully saturated rings. The van der Waals surface area contributed by atoms with Crippen molar-refractivity contribution < 1.29 is 4.79 Å². The van der Waals surface area contributed by atoms with Gasteiger partial charge in [0.05, 0.1) is 6.04 Å². The highest BCUT2D eigenvalue weighted by Gasteiger charge is 2.08. The van der Waals surface area contributed by atoms with Crippen LogP contribution in [0.25, 0.3) is 0 Å². The predicted molar refractivity (Wildman–Crippen MR) is 71.6 cm³/mol. The largest absolute Gasteiger partial charge is 0.350 e. The van der Waals surface area contributed by atoms with Gasteiger partial charge >= 0.3 is 0 Å². The minimum atomic E-state index is -0.00928. The first kappa shape index (κ1) is 15.4. The van der Waals surface area contributed by atoms with Gasteiger partial charge in [-0.2, -0.15) is 0 Å². The van der Waals surface area contributed by atoms with E-state index >= 15 is 0 Å². The summed E-state index contributed by atoms with van der Waals surface area (Å²) in [6, 6.07) is 7.90. The molecule has 1 rings (SSSR count). The van der Waals surface area contributed by atoms with Crippen molar-refractivity contribution in [1.29, 1.82) is 0 Å². The molecule has 1 amide bonds. The van der Waals surface area contributed by atoms with Crippen molar-refractivity contribution in [3.63, 3.8) is 0 Å². The fourth-order valence-corrected chi connectivity index (χ4v) is 1.72. The molecule has 1 aromatic rings. The van der Waals surface area contributed by atoms with Gasteiger partial charge in [-0.3, -0.25) is 4.79 Å². The number of carbonyl (C=O) groups excluding carboxylic acids is 1. The molecule has 0 heterocycles. The molecule has 0 aliphatic carbocycles. The topological polar surface area (TPSA) is 55.1 Å². The van der Waals surface area contributed by atoms with Crippen LogP contribution in [0.3, 0.4) is 0 Å². The number of nitrogens with two attached hydrogens (primary N) is 1. The predicted octanol–water partition coefficient (Wildman–Crippen LogP) is 2.40. The Labute approximate surface area is 110 Å². The zero-order valence-corrected chi connectivity index (χ0v) is 11.5. The Morgan fingerprint density at radius 3 is 2.81 bits per heavy atom. The summed E-state index contributed by atoms with van der Waals surface area (Å²) in [4.78, 5) is 11.3. The number of rotatable bonds is 4. The molecular formula is C11H16BrClN2O. The lowest BCUT2D eigenvalue weighted by Crippen LogP contribution is -2.28. The average molecular weight is 308 g/mol. The fraction of sp³-hybridized carbons (Fsp3) is 0.364. The van der Waals surface area contributed by atoms with Crippen LogP contribution in [-0.4, -0.2) is 12.5 Å². The van der Waals surface area contributed by atoms with E-state index in [0.29, 0.717) is 13.0 Å².